The number of azide groups is 1. The zero-order chi connectivity index (χ0) is 59.4. The van der Waals surface area contributed by atoms with Gasteiger partial charge in [0.05, 0.1) is 38.4 Å². The molecule has 8 aliphatic heterocycles. The number of aryl methyl sites for hydroxylation is 2. The lowest BCUT2D eigenvalue weighted by atomic mass is 9.71. The molecule has 8 heterocycles. The third-order valence-corrected chi connectivity index (χ3v) is 18.5. The Morgan fingerprint density at radius 3 is 1.43 bits per heavy atom. The van der Waals surface area contributed by atoms with Crippen molar-refractivity contribution < 1.29 is 56.8 Å². The minimum Gasteiger partial charge on any atom is -0.493 e. The van der Waals surface area contributed by atoms with E-state index < -0.39 is 12.1 Å². The van der Waals surface area contributed by atoms with Gasteiger partial charge in [0.15, 0.2) is 59.6 Å². The highest BCUT2D eigenvalue weighted by Crippen LogP contribution is 2.61. The molecular weight excluding hydrogens is 1070 g/mol. The van der Waals surface area contributed by atoms with Gasteiger partial charge in [-0.1, -0.05) is 49.5 Å². The number of nitriles is 2. The second kappa shape index (κ2) is 23.8. The molecule has 0 saturated carbocycles. The summed E-state index contributed by atoms with van der Waals surface area (Å²) in [5.41, 5.74) is 21.6. The van der Waals surface area contributed by atoms with E-state index in [2.05, 4.69) is 88.1 Å². The molecule has 0 radical (unpaired) electrons. The van der Waals surface area contributed by atoms with Crippen LogP contribution in [0, 0.1) is 50.4 Å². The summed E-state index contributed by atoms with van der Waals surface area (Å²) in [6.45, 7) is 19.2. The van der Waals surface area contributed by atoms with Crippen LogP contribution >= 0.6 is 0 Å². The summed E-state index contributed by atoms with van der Waals surface area (Å²) in [5, 5.41) is 25.5. The Hall–Kier alpha value is -7.59. The minimum absolute atomic E-state index is 0.0135. The van der Waals surface area contributed by atoms with Crippen molar-refractivity contribution in [2.45, 2.75) is 127 Å². The van der Waals surface area contributed by atoms with E-state index in [0.29, 0.717) is 61.2 Å². The van der Waals surface area contributed by atoms with Crippen LogP contribution in [0.3, 0.4) is 0 Å². The van der Waals surface area contributed by atoms with Gasteiger partial charge in [-0.25, -0.2) is 0 Å². The van der Waals surface area contributed by atoms with Crippen LogP contribution in [0.15, 0.2) is 42.6 Å². The second-order valence-electron chi connectivity index (χ2n) is 22.6. The number of hydrogen-bond acceptors (Lipinski definition) is 19. The van der Waals surface area contributed by atoms with Crippen molar-refractivity contribution in [2.75, 3.05) is 89.5 Å². The third kappa shape index (κ3) is 9.06. The topological polar surface area (TPSA) is 220 Å². The van der Waals surface area contributed by atoms with Gasteiger partial charge in [-0.05, 0) is 102 Å². The zero-order valence-electron chi connectivity index (χ0n) is 49.9. The fourth-order valence-electron chi connectivity index (χ4n) is 15.5. The molecule has 4 unspecified atom stereocenters. The van der Waals surface area contributed by atoms with Gasteiger partial charge in [0, 0.05) is 106 Å². The quantitative estimate of drug-likeness (QED) is 0.0316. The lowest BCUT2D eigenvalue weighted by Crippen LogP contribution is -2.68. The highest BCUT2D eigenvalue weighted by Gasteiger charge is 2.59. The van der Waals surface area contributed by atoms with E-state index in [1.807, 2.05) is 27.7 Å². The van der Waals surface area contributed by atoms with Crippen molar-refractivity contribution in [2.24, 2.45) is 5.11 Å². The molecule has 0 N–H and O–H groups in total. The van der Waals surface area contributed by atoms with E-state index in [-0.39, 0.29) is 82.1 Å². The molecule has 0 amide bonds. The lowest BCUT2D eigenvalue weighted by Gasteiger charge is -2.60. The molecule has 2 saturated heterocycles. The number of ether oxygens (including phenoxy) is 12. The van der Waals surface area contributed by atoms with Gasteiger partial charge < -0.3 is 56.8 Å². The largest absolute Gasteiger partial charge is 0.493 e. The van der Waals surface area contributed by atoms with Crippen molar-refractivity contribution in [3.8, 4) is 69.6 Å². The molecule has 12 rings (SSSR count). The molecular formula is C63H75N9O12. The van der Waals surface area contributed by atoms with Crippen LogP contribution in [-0.4, -0.2) is 145 Å². The molecule has 8 aliphatic rings. The van der Waals surface area contributed by atoms with Gasteiger partial charge in [0.25, 0.3) is 0 Å². The van der Waals surface area contributed by atoms with Gasteiger partial charge in [-0.3, -0.25) is 19.6 Å². The van der Waals surface area contributed by atoms with E-state index in [1.165, 1.54) is 5.56 Å². The first kappa shape index (κ1) is 58.2. The molecule has 4 aromatic rings. The SMILES string of the molecule is C=CCOc1c(C)c2c(c3c1CC1[C@H]4c5c(cc(C)c(OC)c5OCOC)C[C@@H](C(C#N)N1[C@H]3CC)N4C)OCO2.C=CCOc1c(C)c2c(c3c1CC1[C@H]4c5c(cc(C)c(OC)c5OCOC)C[C@@H](C(C#N)N1[C@H]3CN=[N+]=[N-])N4C)OCO2. The molecule has 21 heteroatoms. The van der Waals surface area contributed by atoms with Crippen molar-refractivity contribution in [1.82, 2.24) is 19.6 Å². The highest BCUT2D eigenvalue weighted by atomic mass is 16.7. The first-order chi connectivity index (χ1) is 40.8. The number of likely N-dealkylation sites (N-methyl/N-ethyl adjacent to an activating group) is 2. The lowest BCUT2D eigenvalue weighted by molar-refractivity contribution is -0.0745. The van der Waals surface area contributed by atoms with Crippen molar-refractivity contribution >= 4 is 0 Å². The summed E-state index contributed by atoms with van der Waals surface area (Å²) in [6.07, 6.45) is 6.87. The number of rotatable bonds is 17. The summed E-state index contributed by atoms with van der Waals surface area (Å²) < 4.78 is 71.7. The molecule has 0 aromatic heterocycles. The van der Waals surface area contributed by atoms with Crippen LogP contribution in [0.1, 0.15) is 104 Å². The third-order valence-electron chi connectivity index (χ3n) is 18.5. The predicted octanol–water partition coefficient (Wildman–Crippen LogP) is 9.44. The molecule has 4 bridgehead atoms. The molecule has 0 spiro atoms. The van der Waals surface area contributed by atoms with E-state index in [9.17, 15) is 16.1 Å². The smallest absolute Gasteiger partial charge is 0.231 e. The number of piperazine rings is 2. The minimum atomic E-state index is -0.492. The maximum atomic E-state index is 10.7. The average Bonchev–Trinajstić information content (AvgIpc) is 1.15. The summed E-state index contributed by atoms with van der Waals surface area (Å²) in [4.78, 5) is 12.5. The Labute approximate surface area is 491 Å². The van der Waals surface area contributed by atoms with Crippen LogP contribution in [-0.2, 0) is 35.2 Å². The summed E-state index contributed by atoms with van der Waals surface area (Å²) in [5.74, 6) is 7.05. The Bertz CT molecular complexity index is 3410. The number of methoxy groups -OCH3 is 4. The van der Waals surface area contributed by atoms with Crippen molar-refractivity contribution in [3.63, 3.8) is 0 Å². The summed E-state index contributed by atoms with van der Waals surface area (Å²) in [6, 6.07) is 7.84. The normalized spacial score (nSPS) is 25.4. The fourth-order valence-corrected chi connectivity index (χ4v) is 15.5. The van der Waals surface area contributed by atoms with E-state index in [4.69, 9.17) is 56.8 Å². The number of fused-ring (bicyclic) bond motifs is 18. The number of nitrogens with zero attached hydrogens (tertiary/aromatic N) is 9. The van der Waals surface area contributed by atoms with Crippen molar-refractivity contribution in [3.05, 3.63) is 115 Å². The van der Waals surface area contributed by atoms with Gasteiger partial charge in [0.1, 0.15) is 36.8 Å². The summed E-state index contributed by atoms with van der Waals surface area (Å²) >= 11 is 0. The monoisotopic (exact) mass is 1150 g/mol. The summed E-state index contributed by atoms with van der Waals surface area (Å²) in [7, 11) is 10.8. The first-order valence-corrected chi connectivity index (χ1v) is 28.6. The molecule has 0 aliphatic carbocycles. The molecule has 4 aromatic carbocycles. The van der Waals surface area contributed by atoms with Gasteiger partial charge in [-0.2, -0.15) is 10.5 Å². The Balaban J connectivity index is 0.000000176. The average molecular weight is 1150 g/mol. The Kier molecular flexibility index (Phi) is 16.5. The highest BCUT2D eigenvalue weighted by molar-refractivity contribution is 5.69. The maximum absolute atomic E-state index is 10.7. The number of benzene rings is 4. The van der Waals surface area contributed by atoms with Crippen LogP contribution in [0.5, 0.6) is 57.5 Å². The van der Waals surface area contributed by atoms with E-state index >= 15 is 0 Å². The standard InChI is InChI=1S/C32H39N3O6.C31H36N6O6/c1-8-10-38-29-18(4)30-32(41-16-40-30)26-20(29)13-23-27-25-19(11-17(3)28(37-7)31(25)39-15-36-6)12-22(34(27)5)24(14-33)35(23)21(26)9-2;1-7-8-40-28-17(3)29-31(43-15-42-29)25-19(28)11-21-26-24-18(9-16(2)27(39-6)30(24)41-14-38-5)10-20(36(26)4)22(12-32)37(21)23(25)13-34-35-33/h8,11,21-24,27H,1,9-10,12-13,15-16H2,2-7H3;7,9,20-23,26H,1,8,10-11,13-15H2,2-6H3/t21-,22-,23?,24?,27-;20-,21?,22?,23-,26-/m00/s1. The van der Waals surface area contributed by atoms with Crippen LogP contribution in [0.2, 0.25) is 0 Å². The van der Waals surface area contributed by atoms with Gasteiger partial charge in [0.2, 0.25) is 13.6 Å². The fraction of sp³-hybridized carbons (Fsp3) is 0.524. The molecule has 84 heavy (non-hydrogen) atoms. The van der Waals surface area contributed by atoms with Gasteiger partial charge >= 0.3 is 0 Å². The second-order valence-corrected chi connectivity index (χ2v) is 22.6. The molecule has 444 valence electrons. The van der Waals surface area contributed by atoms with E-state index in [0.717, 1.165) is 103 Å². The zero-order valence-corrected chi connectivity index (χ0v) is 49.9. The van der Waals surface area contributed by atoms with Crippen LogP contribution < -0.4 is 47.4 Å². The molecule has 10 atom stereocenters. The van der Waals surface area contributed by atoms with Gasteiger partial charge in [-0.15, -0.1) is 0 Å². The Morgan fingerprint density at radius 2 is 1.04 bits per heavy atom. The molecule has 21 nitrogen and oxygen atoms in total. The maximum Gasteiger partial charge on any atom is 0.231 e. The molecule has 2 fully saturated rings. The van der Waals surface area contributed by atoms with E-state index in [1.54, 1.807) is 40.6 Å². The van der Waals surface area contributed by atoms with Crippen molar-refractivity contribution in [1.29, 1.82) is 10.5 Å². The number of hydrogen-bond donors (Lipinski definition) is 0. The predicted molar refractivity (Wildman–Crippen MR) is 310 cm³/mol. The van der Waals surface area contributed by atoms with Crippen LogP contribution in [0.25, 0.3) is 10.4 Å². The van der Waals surface area contributed by atoms with Crippen LogP contribution in [0.4, 0.5) is 0 Å². The first-order valence-electron chi connectivity index (χ1n) is 28.6. The Morgan fingerprint density at radius 1 is 0.607 bits per heavy atom.